The highest BCUT2D eigenvalue weighted by atomic mass is 16.5. The van der Waals surface area contributed by atoms with E-state index in [0.29, 0.717) is 24.5 Å². The first-order chi connectivity index (χ1) is 16.2. The molecule has 33 heavy (non-hydrogen) atoms. The average molecular weight is 453 g/mol. The SMILES string of the molecule is COc1cc2c(cc1Nc1ncc3cnn(C4CCC(CO)CC4)c3n1)CN(CCO)CC2. The third-order valence-electron chi connectivity index (χ3n) is 7.03. The Morgan fingerprint density at radius 3 is 2.73 bits per heavy atom. The van der Waals surface area contributed by atoms with Gasteiger partial charge in [-0.3, -0.25) is 4.90 Å². The lowest BCUT2D eigenvalue weighted by Gasteiger charge is -2.29. The second-order valence-electron chi connectivity index (χ2n) is 9.11. The molecule has 1 aliphatic heterocycles. The van der Waals surface area contributed by atoms with Gasteiger partial charge in [-0.05, 0) is 61.3 Å². The van der Waals surface area contributed by atoms with Crippen LogP contribution in [-0.4, -0.2) is 68.3 Å². The number of methoxy groups -OCH3 is 1. The molecule has 2 aliphatic rings. The van der Waals surface area contributed by atoms with Crippen LogP contribution in [0.15, 0.2) is 24.5 Å². The van der Waals surface area contributed by atoms with Crippen LogP contribution >= 0.6 is 0 Å². The molecule has 0 amide bonds. The van der Waals surface area contributed by atoms with Crippen molar-refractivity contribution in [1.29, 1.82) is 0 Å². The molecule has 2 aromatic heterocycles. The maximum atomic E-state index is 9.44. The van der Waals surface area contributed by atoms with Crippen molar-refractivity contribution in [1.82, 2.24) is 24.6 Å². The third-order valence-corrected chi connectivity index (χ3v) is 7.03. The van der Waals surface area contributed by atoms with E-state index >= 15 is 0 Å². The smallest absolute Gasteiger partial charge is 0.229 e. The van der Waals surface area contributed by atoms with Crippen molar-refractivity contribution in [2.45, 2.75) is 44.7 Å². The molecular formula is C24H32N6O3. The number of ether oxygens (including phenoxy) is 1. The van der Waals surface area contributed by atoms with Gasteiger partial charge in [0, 0.05) is 32.4 Å². The summed E-state index contributed by atoms with van der Waals surface area (Å²) >= 11 is 0. The van der Waals surface area contributed by atoms with Crippen LogP contribution in [0.3, 0.4) is 0 Å². The van der Waals surface area contributed by atoms with Gasteiger partial charge in [0.1, 0.15) is 5.75 Å². The number of hydrogen-bond acceptors (Lipinski definition) is 8. The van der Waals surface area contributed by atoms with Crippen molar-refractivity contribution in [3.05, 3.63) is 35.7 Å². The van der Waals surface area contributed by atoms with Crippen molar-refractivity contribution >= 4 is 22.7 Å². The molecule has 3 aromatic rings. The third kappa shape index (κ3) is 4.53. The Hall–Kier alpha value is -2.75. The molecule has 1 aromatic carbocycles. The Balaban J connectivity index is 1.40. The number of β-amino-alcohol motifs (C(OH)–C–C–N with tert-alkyl or cyclic N) is 1. The second-order valence-corrected chi connectivity index (χ2v) is 9.11. The Bertz CT molecular complexity index is 1110. The average Bonchev–Trinajstić information content (AvgIpc) is 3.27. The molecular weight excluding hydrogens is 420 g/mol. The lowest BCUT2D eigenvalue weighted by molar-refractivity contribution is 0.166. The molecule has 1 fully saturated rings. The highest BCUT2D eigenvalue weighted by Crippen LogP contribution is 2.35. The van der Waals surface area contributed by atoms with Gasteiger partial charge in [0.05, 0.1) is 37.0 Å². The minimum Gasteiger partial charge on any atom is -0.495 e. The summed E-state index contributed by atoms with van der Waals surface area (Å²) in [6.45, 7) is 2.85. The van der Waals surface area contributed by atoms with Gasteiger partial charge in [-0.25, -0.2) is 9.67 Å². The van der Waals surface area contributed by atoms with Crippen LogP contribution in [0.2, 0.25) is 0 Å². The minimum atomic E-state index is 0.166. The first-order valence-electron chi connectivity index (χ1n) is 11.8. The normalized spacial score (nSPS) is 21.2. The summed E-state index contributed by atoms with van der Waals surface area (Å²) in [5.41, 5.74) is 4.16. The zero-order chi connectivity index (χ0) is 22.8. The summed E-state index contributed by atoms with van der Waals surface area (Å²) in [5.74, 6) is 1.68. The standard InChI is InChI=1S/C24H32N6O3/c1-33-22-11-17-6-7-29(8-9-31)14-18(17)10-21(22)27-24-25-12-19-13-26-30(23(19)28-24)20-4-2-16(15-32)3-5-20/h10-13,16,20,31-32H,2-9,14-15H2,1H3,(H,25,27,28). The first kappa shape index (κ1) is 22.1. The Morgan fingerprint density at radius 2 is 1.97 bits per heavy atom. The van der Waals surface area contributed by atoms with Gasteiger partial charge in [0.25, 0.3) is 0 Å². The molecule has 9 nitrogen and oxygen atoms in total. The number of benzene rings is 1. The molecule has 3 heterocycles. The van der Waals surface area contributed by atoms with Crippen LogP contribution < -0.4 is 10.1 Å². The maximum Gasteiger partial charge on any atom is 0.229 e. The molecule has 1 aliphatic carbocycles. The van der Waals surface area contributed by atoms with Crippen molar-refractivity contribution in [3.63, 3.8) is 0 Å². The molecule has 176 valence electrons. The van der Waals surface area contributed by atoms with Gasteiger partial charge in [-0.15, -0.1) is 0 Å². The number of aromatic nitrogens is 4. The summed E-state index contributed by atoms with van der Waals surface area (Å²) < 4.78 is 7.68. The van der Waals surface area contributed by atoms with Gasteiger partial charge < -0.3 is 20.3 Å². The number of aliphatic hydroxyl groups excluding tert-OH is 2. The number of hydrogen-bond donors (Lipinski definition) is 3. The lowest BCUT2D eigenvalue weighted by atomic mass is 9.87. The maximum absolute atomic E-state index is 9.44. The van der Waals surface area contributed by atoms with E-state index in [4.69, 9.17) is 9.72 Å². The minimum absolute atomic E-state index is 0.166. The zero-order valence-electron chi connectivity index (χ0n) is 19.1. The summed E-state index contributed by atoms with van der Waals surface area (Å²) in [6, 6.07) is 4.50. The molecule has 0 saturated heterocycles. The summed E-state index contributed by atoms with van der Waals surface area (Å²) in [7, 11) is 1.68. The van der Waals surface area contributed by atoms with Crippen LogP contribution in [0.4, 0.5) is 11.6 Å². The van der Waals surface area contributed by atoms with Gasteiger partial charge in [-0.2, -0.15) is 10.1 Å². The predicted octanol–water partition coefficient (Wildman–Crippen LogP) is 2.65. The monoisotopic (exact) mass is 452 g/mol. The predicted molar refractivity (Wildman–Crippen MR) is 126 cm³/mol. The summed E-state index contributed by atoms with van der Waals surface area (Å²) in [6.07, 6.45) is 8.59. The second kappa shape index (κ2) is 9.62. The van der Waals surface area contributed by atoms with Crippen LogP contribution in [0.1, 0.15) is 42.9 Å². The fraction of sp³-hybridized carbons (Fsp3) is 0.542. The number of nitrogens with zero attached hydrogens (tertiary/aromatic N) is 5. The van der Waals surface area contributed by atoms with Gasteiger partial charge in [0.15, 0.2) is 5.65 Å². The van der Waals surface area contributed by atoms with E-state index in [1.165, 1.54) is 11.1 Å². The van der Waals surface area contributed by atoms with Gasteiger partial charge in [-0.1, -0.05) is 0 Å². The number of fused-ring (bicyclic) bond motifs is 2. The van der Waals surface area contributed by atoms with Crippen LogP contribution in [-0.2, 0) is 13.0 Å². The lowest BCUT2D eigenvalue weighted by Crippen LogP contribution is -2.32. The molecule has 0 spiro atoms. The highest BCUT2D eigenvalue weighted by molar-refractivity contribution is 5.76. The largest absolute Gasteiger partial charge is 0.495 e. The van der Waals surface area contributed by atoms with Crippen molar-refractivity contribution in [3.8, 4) is 5.75 Å². The highest BCUT2D eigenvalue weighted by Gasteiger charge is 2.24. The van der Waals surface area contributed by atoms with Crippen LogP contribution in [0, 0.1) is 5.92 Å². The van der Waals surface area contributed by atoms with E-state index in [9.17, 15) is 10.2 Å². The molecule has 5 rings (SSSR count). The van der Waals surface area contributed by atoms with Crippen molar-refractivity contribution in [2.75, 3.05) is 38.7 Å². The molecule has 9 heteroatoms. The number of aliphatic hydroxyl groups is 2. The summed E-state index contributed by atoms with van der Waals surface area (Å²) in [4.78, 5) is 11.6. The Kier molecular flexibility index (Phi) is 6.43. The van der Waals surface area contributed by atoms with E-state index in [0.717, 1.165) is 67.7 Å². The molecule has 1 saturated carbocycles. The van der Waals surface area contributed by atoms with Gasteiger partial charge in [0.2, 0.25) is 5.95 Å². The quantitative estimate of drug-likeness (QED) is 0.502. The van der Waals surface area contributed by atoms with Crippen molar-refractivity contribution in [2.24, 2.45) is 5.92 Å². The van der Waals surface area contributed by atoms with E-state index in [1.54, 1.807) is 13.3 Å². The van der Waals surface area contributed by atoms with E-state index < -0.39 is 0 Å². The summed E-state index contributed by atoms with van der Waals surface area (Å²) in [5, 5.41) is 27.6. The van der Waals surface area contributed by atoms with E-state index in [2.05, 4.69) is 32.4 Å². The van der Waals surface area contributed by atoms with Crippen molar-refractivity contribution < 1.29 is 14.9 Å². The number of rotatable bonds is 7. The van der Waals surface area contributed by atoms with Crippen LogP contribution in [0.25, 0.3) is 11.0 Å². The Morgan fingerprint density at radius 1 is 1.12 bits per heavy atom. The number of nitrogens with one attached hydrogen (secondary N) is 1. The molecule has 0 radical (unpaired) electrons. The van der Waals surface area contributed by atoms with E-state index in [-0.39, 0.29) is 13.2 Å². The molecule has 3 N–H and O–H groups in total. The Labute approximate surface area is 193 Å². The first-order valence-corrected chi connectivity index (χ1v) is 11.8. The fourth-order valence-electron chi connectivity index (χ4n) is 5.10. The fourth-order valence-corrected chi connectivity index (χ4v) is 5.10. The topological polar surface area (TPSA) is 109 Å². The van der Waals surface area contributed by atoms with Gasteiger partial charge >= 0.3 is 0 Å². The van der Waals surface area contributed by atoms with Crippen LogP contribution in [0.5, 0.6) is 5.75 Å². The molecule has 0 unspecified atom stereocenters. The molecule has 0 atom stereocenters. The van der Waals surface area contributed by atoms with E-state index in [1.807, 2.05) is 10.9 Å². The number of anilines is 2. The zero-order valence-corrected chi connectivity index (χ0v) is 19.1. The molecule has 0 bridgehead atoms.